The minimum Gasteiger partial charge on any atom is -0.462 e. The van der Waals surface area contributed by atoms with Crippen molar-refractivity contribution in [2.75, 3.05) is 47.5 Å². The third-order valence-electron chi connectivity index (χ3n) is 21.6. The highest BCUT2D eigenvalue weighted by molar-refractivity contribution is 7.47. The highest BCUT2D eigenvalue weighted by atomic mass is 31.2. The third kappa shape index (κ3) is 89.1. The van der Waals surface area contributed by atoms with Gasteiger partial charge < -0.3 is 18.9 Å². The van der Waals surface area contributed by atoms with E-state index in [1.807, 2.05) is 21.1 Å². The number of quaternary nitrogens is 1. The molecular weight excluding hydrogens is 1300 g/mol. The van der Waals surface area contributed by atoms with Gasteiger partial charge in [0.1, 0.15) is 19.8 Å². The van der Waals surface area contributed by atoms with Gasteiger partial charge in [-0.3, -0.25) is 18.6 Å². The van der Waals surface area contributed by atoms with Gasteiger partial charge in [0.15, 0.2) is 6.10 Å². The predicted octanol–water partition coefficient (Wildman–Crippen LogP) is 31.6. The summed E-state index contributed by atoms with van der Waals surface area (Å²) in [6.07, 6.45) is 114. The molecule has 0 bridgehead atoms. The van der Waals surface area contributed by atoms with Gasteiger partial charge in [0.25, 0.3) is 0 Å². The van der Waals surface area contributed by atoms with Crippen molar-refractivity contribution >= 4 is 19.8 Å². The molecule has 0 saturated heterocycles. The van der Waals surface area contributed by atoms with Gasteiger partial charge in [-0.25, -0.2) is 4.57 Å². The second-order valence-corrected chi connectivity index (χ2v) is 34.9. The number of carbonyl (C=O) groups excluding carboxylic acids is 2. The Hall–Kier alpha value is -1.77. The zero-order valence-corrected chi connectivity index (χ0v) is 71.7. The van der Waals surface area contributed by atoms with E-state index in [0.29, 0.717) is 17.4 Å². The Kier molecular flexibility index (Phi) is 83.8. The minimum absolute atomic E-state index is 0.0362. The number of ether oxygens (including phenoxy) is 2. The summed E-state index contributed by atoms with van der Waals surface area (Å²) in [6, 6.07) is 0. The standard InChI is InChI=1S/C94H182NO8P/c1-6-8-10-12-14-16-18-20-22-24-26-28-30-32-34-36-38-40-42-44-46-47-49-50-52-54-56-58-60-62-64-66-68-70-72-74-76-78-80-82-84-86-93(96)100-90-92(91-102-104(98,99)101-89-88-95(3,4)5)103-94(97)87-85-83-81-79-77-75-73-71-69-67-65-63-61-59-57-55-53-51-48-45-43-41-39-37-35-33-31-29-27-25-23-21-19-17-15-13-11-9-7-2/h19,21,24-27,92H,6-18,20,22-23,28-91H2,1-5H3/p+1/b21-19-,26-24-,27-25-. The van der Waals surface area contributed by atoms with Gasteiger partial charge in [0, 0.05) is 12.8 Å². The van der Waals surface area contributed by atoms with Crippen molar-refractivity contribution in [1.82, 2.24) is 0 Å². The van der Waals surface area contributed by atoms with E-state index in [1.54, 1.807) is 0 Å². The first-order valence-corrected chi connectivity index (χ1v) is 48.2. The van der Waals surface area contributed by atoms with Crippen LogP contribution in [0.3, 0.4) is 0 Å². The van der Waals surface area contributed by atoms with Crippen LogP contribution in [0.5, 0.6) is 0 Å². The van der Waals surface area contributed by atoms with Crippen molar-refractivity contribution in [2.45, 2.75) is 508 Å². The van der Waals surface area contributed by atoms with E-state index in [-0.39, 0.29) is 25.6 Å². The average Bonchev–Trinajstić information content (AvgIpc) is 0.915. The fraction of sp³-hybridized carbons (Fsp3) is 0.915. The molecule has 0 aliphatic carbocycles. The monoisotopic (exact) mass is 1490 g/mol. The molecule has 0 heterocycles. The zero-order valence-electron chi connectivity index (χ0n) is 70.8. The van der Waals surface area contributed by atoms with Crippen molar-refractivity contribution in [3.05, 3.63) is 36.5 Å². The normalized spacial score (nSPS) is 13.0. The first kappa shape index (κ1) is 102. The number of likely N-dealkylation sites (N-methyl/N-ethyl adjacent to an activating group) is 1. The Morgan fingerprint density at radius 1 is 0.298 bits per heavy atom. The van der Waals surface area contributed by atoms with Crippen LogP contribution in [0, 0.1) is 0 Å². The molecule has 0 aliphatic rings. The molecule has 10 heteroatoms. The summed E-state index contributed by atoms with van der Waals surface area (Å²) >= 11 is 0. The Labute approximate surface area is 650 Å². The number of hydrogen-bond donors (Lipinski definition) is 1. The van der Waals surface area contributed by atoms with E-state index in [2.05, 4.69) is 50.3 Å². The van der Waals surface area contributed by atoms with Crippen molar-refractivity contribution < 1.29 is 42.1 Å². The molecule has 0 rings (SSSR count). The first-order chi connectivity index (χ1) is 51.0. The summed E-state index contributed by atoms with van der Waals surface area (Å²) in [5, 5.41) is 0. The van der Waals surface area contributed by atoms with Crippen LogP contribution in [-0.2, 0) is 32.7 Å². The lowest BCUT2D eigenvalue weighted by atomic mass is 10.0. The fourth-order valence-corrected chi connectivity index (χ4v) is 15.3. The number of phosphoric acid groups is 1. The zero-order chi connectivity index (χ0) is 75.4. The molecule has 0 aromatic rings. The molecule has 0 amide bonds. The molecule has 0 fully saturated rings. The molecular formula is C94H183NO8P+. The Morgan fingerprint density at radius 3 is 0.769 bits per heavy atom. The number of allylic oxidation sites excluding steroid dienone is 6. The smallest absolute Gasteiger partial charge is 0.462 e. The lowest BCUT2D eigenvalue weighted by molar-refractivity contribution is -0.870. The molecule has 616 valence electrons. The van der Waals surface area contributed by atoms with Gasteiger partial charge in [0.05, 0.1) is 27.7 Å². The molecule has 0 aromatic heterocycles. The van der Waals surface area contributed by atoms with Gasteiger partial charge in [-0.05, 0) is 70.6 Å². The summed E-state index contributed by atoms with van der Waals surface area (Å²) in [5.41, 5.74) is 0. The summed E-state index contributed by atoms with van der Waals surface area (Å²) < 4.78 is 34.9. The largest absolute Gasteiger partial charge is 0.472 e. The molecule has 2 atom stereocenters. The van der Waals surface area contributed by atoms with Crippen LogP contribution in [0.15, 0.2) is 36.5 Å². The second-order valence-electron chi connectivity index (χ2n) is 33.4. The van der Waals surface area contributed by atoms with Crippen LogP contribution in [0.25, 0.3) is 0 Å². The van der Waals surface area contributed by atoms with Gasteiger partial charge in [0.2, 0.25) is 0 Å². The Bertz CT molecular complexity index is 1850. The number of esters is 2. The summed E-state index contributed by atoms with van der Waals surface area (Å²) in [5.74, 6) is -0.766. The van der Waals surface area contributed by atoms with Crippen LogP contribution in [-0.4, -0.2) is 74.9 Å². The quantitative estimate of drug-likeness (QED) is 0.0211. The third-order valence-corrected chi connectivity index (χ3v) is 22.6. The van der Waals surface area contributed by atoms with E-state index in [0.717, 1.165) is 44.9 Å². The van der Waals surface area contributed by atoms with E-state index < -0.39 is 26.5 Å². The van der Waals surface area contributed by atoms with E-state index in [4.69, 9.17) is 18.5 Å². The van der Waals surface area contributed by atoms with E-state index >= 15 is 0 Å². The molecule has 2 unspecified atom stereocenters. The molecule has 104 heavy (non-hydrogen) atoms. The molecule has 0 aliphatic heterocycles. The van der Waals surface area contributed by atoms with Crippen LogP contribution in [0.2, 0.25) is 0 Å². The van der Waals surface area contributed by atoms with Crippen LogP contribution in [0.1, 0.15) is 502 Å². The maximum absolute atomic E-state index is 13.0. The summed E-state index contributed by atoms with van der Waals surface area (Å²) in [7, 11) is 1.51. The lowest BCUT2D eigenvalue weighted by Gasteiger charge is -2.24. The van der Waals surface area contributed by atoms with Gasteiger partial charge >= 0.3 is 19.8 Å². The SMILES string of the molecule is CCCCCCC/C=C\C/C=C\CCCCCCCCCCCCCCCCCCCCCCCCCCCCCC(=O)OC(COC(=O)CCCCCCCCCCCCCCCCCCCCCCCCCCCCCCC/C=C\CCCCCCCCCC)COP(=O)(O)OCC[N+](C)(C)C. The summed E-state index contributed by atoms with van der Waals surface area (Å²) in [4.78, 5) is 36.1. The number of rotatable bonds is 89. The number of unbranched alkanes of at least 4 members (excludes halogenated alkanes) is 69. The fourth-order valence-electron chi connectivity index (χ4n) is 14.5. The summed E-state index contributed by atoms with van der Waals surface area (Å²) in [6.45, 7) is 4.52. The number of phosphoric ester groups is 1. The molecule has 0 spiro atoms. The minimum atomic E-state index is -4.40. The maximum Gasteiger partial charge on any atom is 0.472 e. The highest BCUT2D eigenvalue weighted by Crippen LogP contribution is 2.43. The Balaban J connectivity index is 3.81. The number of nitrogens with zero attached hydrogens (tertiary/aromatic N) is 1. The average molecular weight is 1490 g/mol. The topological polar surface area (TPSA) is 108 Å². The van der Waals surface area contributed by atoms with Crippen molar-refractivity contribution in [2.24, 2.45) is 0 Å². The molecule has 0 radical (unpaired) electrons. The number of hydrogen-bond acceptors (Lipinski definition) is 7. The molecule has 1 N–H and O–H groups in total. The molecule has 9 nitrogen and oxygen atoms in total. The number of carbonyl (C=O) groups is 2. The van der Waals surface area contributed by atoms with Gasteiger partial charge in [-0.2, -0.15) is 0 Å². The lowest BCUT2D eigenvalue weighted by Crippen LogP contribution is -2.37. The van der Waals surface area contributed by atoms with E-state index in [9.17, 15) is 19.0 Å². The second kappa shape index (κ2) is 85.2. The molecule has 0 aromatic carbocycles. The maximum atomic E-state index is 13.0. The van der Waals surface area contributed by atoms with Crippen LogP contribution in [0.4, 0.5) is 0 Å². The van der Waals surface area contributed by atoms with E-state index in [1.165, 1.54) is 430 Å². The van der Waals surface area contributed by atoms with Crippen molar-refractivity contribution in [3.63, 3.8) is 0 Å². The highest BCUT2D eigenvalue weighted by Gasteiger charge is 2.27. The van der Waals surface area contributed by atoms with Crippen molar-refractivity contribution in [3.8, 4) is 0 Å². The van der Waals surface area contributed by atoms with Gasteiger partial charge in [-0.15, -0.1) is 0 Å². The van der Waals surface area contributed by atoms with Crippen molar-refractivity contribution in [1.29, 1.82) is 0 Å². The molecule has 0 saturated carbocycles. The van der Waals surface area contributed by atoms with Crippen LogP contribution < -0.4 is 0 Å². The first-order valence-electron chi connectivity index (χ1n) is 46.7. The Morgan fingerprint density at radius 2 is 0.519 bits per heavy atom. The van der Waals surface area contributed by atoms with Crippen LogP contribution >= 0.6 is 7.82 Å². The predicted molar refractivity (Wildman–Crippen MR) is 455 cm³/mol. The van der Waals surface area contributed by atoms with Gasteiger partial charge in [-0.1, -0.05) is 455 Å².